The van der Waals surface area contributed by atoms with E-state index in [0.29, 0.717) is 4.47 Å². The van der Waals surface area contributed by atoms with Gasteiger partial charge in [0.15, 0.2) is 0 Å². The van der Waals surface area contributed by atoms with Gasteiger partial charge in [0.1, 0.15) is 6.54 Å². The van der Waals surface area contributed by atoms with Crippen LogP contribution in [0.25, 0.3) is 0 Å². The third kappa shape index (κ3) is 4.23. The number of nitrogens with zero attached hydrogens (tertiary/aromatic N) is 1. The topological polar surface area (TPSA) is 90.0 Å². The Hall–Kier alpha value is -2.39. The Morgan fingerprint density at radius 1 is 1.00 bits per heavy atom. The van der Waals surface area contributed by atoms with E-state index in [9.17, 15) is 18.0 Å². The number of hydrogen-bond acceptors (Lipinski definition) is 6. The maximum absolute atomic E-state index is 13.1. The van der Waals surface area contributed by atoms with Crippen molar-refractivity contribution in [3.8, 4) is 0 Å². The smallest absolute Gasteiger partial charge is 0.340 e. The van der Waals surface area contributed by atoms with E-state index in [1.54, 1.807) is 24.3 Å². The standard InChI is InChI=1S/C17H16BrNO6S/c1-24-16(20)11-19(15-6-4-3-5-14(15)17(21)25-2)26(22,23)13-9-7-12(18)8-10-13/h3-10H,11H2,1-2H3. The molecule has 0 unspecified atom stereocenters. The van der Waals surface area contributed by atoms with E-state index in [0.717, 1.165) is 11.4 Å². The molecule has 0 saturated carbocycles. The minimum absolute atomic E-state index is 0.0135. The first kappa shape index (κ1) is 19.9. The van der Waals surface area contributed by atoms with Crippen molar-refractivity contribution in [3.63, 3.8) is 0 Å². The van der Waals surface area contributed by atoms with Crippen molar-refractivity contribution < 1.29 is 27.5 Å². The number of carbonyl (C=O) groups is 2. The Bertz CT molecular complexity index is 911. The van der Waals surface area contributed by atoms with Gasteiger partial charge in [-0.2, -0.15) is 0 Å². The Morgan fingerprint density at radius 2 is 1.62 bits per heavy atom. The highest BCUT2D eigenvalue weighted by Crippen LogP contribution is 2.28. The lowest BCUT2D eigenvalue weighted by atomic mass is 10.2. The molecule has 0 aliphatic rings. The van der Waals surface area contributed by atoms with Crippen LogP contribution in [0.1, 0.15) is 10.4 Å². The predicted octanol–water partition coefficient (Wildman–Crippen LogP) is 2.60. The molecule has 0 fully saturated rings. The Balaban J connectivity index is 2.63. The van der Waals surface area contributed by atoms with Crippen LogP contribution in [0, 0.1) is 0 Å². The molecule has 2 rings (SSSR count). The number of hydrogen-bond donors (Lipinski definition) is 0. The summed E-state index contributed by atoms with van der Waals surface area (Å²) in [5, 5.41) is 0. The number of methoxy groups -OCH3 is 2. The lowest BCUT2D eigenvalue weighted by molar-refractivity contribution is -0.138. The lowest BCUT2D eigenvalue weighted by Crippen LogP contribution is -2.37. The number of rotatable bonds is 6. The zero-order valence-electron chi connectivity index (χ0n) is 14.0. The summed E-state index contributed by atoms with van der Waals surface area (Å²) in [6.07, 6.45) is 0. The summed E-state index contributed by atoms with van der Waals surface area (Å²) in [7, 11) is -1.80. The molecule has 9 heteroatoms. The van der Waals surface area contributed by atoms with Crippen molar-refractivity contribution in [3.05, 3.63) is 58.6 Å². The lowest BCUT2D eigenvalue weighted by Gasteiger charge is -2.25. The van der Waals surface area contributed by atoms with Crippen LogP contribution < -0.4 is 4.31 Å². The molecule has 0 saturated heterocycles. The monoisotopic (exact) mass is 441 g/mol. The van der Waals surface area contributed by atoms with Gasteiger partial charge in [-0.3, -0.25) is 9.10 Å². The highest BCUT2D eigenvalue weighted by atomic mass is 79.9. The van der Waals surface area contributed by atoms with E-state index in [4.69, 9.17) is 4.74 Å². The zero-order valence-corrected chi connectivity index (χ0v) is 16.4. The minimum Gasteiger partial charge on any atom is -0.468 e. The zero-order chi connectivity index (χ0) is 19.3. The molecule has 0 bridgehead atoms. The number of sulfonamides is 1. The molecule has 0 radical (unpaired) electrons. The van der Waals surface area contributed by atoms with Crippen LogP contribution >= 0.6 is 15.9 Å². The summed E-state index contributed by atoms with van der Waals surface area (Å²) in [6, 6.07) is 11.9. The predicted molar refractivity (Wildman–Crippen MR) is 98.5 cm³/mol. The fraction of sp³-hybridized carbons (Fsp3) is 0.176. The van der Waals surface area contributed by atoms with Gasteiger partial charge in [-0.25, -0.2) is 13.2 Å². The molecule has 0 heterocycles. The molecule has 7 nitrogen and oxygen atoms in total. The number of carbonyl (C=O) groups excluding carboxylic acids is 2. The highest BCUT2D eigenvalue weighted by molar-refractivity contribution is 9.10. The highest BCUT2D eigenvalue weighted by Gasteiger charge is 2.30. The summed E-state index contributed by atoms with van der Waals surface area (Å²) in [5.74, 6) is -1.49. The van der Waals surface area contributed by atoms with Crippen molar-refractivity contribution in [1.82, 2.24) is 0 Å². The largest absolute Gasteiger partial charge is 0.468 e. The average Bonchev–Trinajstić information content (AvgIpc) is 2.65. The first-order valence-electron chi connectivity index (χ1n) is 7.33. The maximum atomic E-state index is 13.1. The second-order valence-corrected chi connectivity index (χ2v) is 7.83. The molecule has 26 heavy (non-hydrogen) atoms. The van der Waals surface area contributed by atoms with Crippen molar-refractivity contribution in [2.45, 2.75) is 4.90 Å². The van der Waals surface area contributed by atoms with E-state index in [1.807, 2.05) is 0 Å². The molecule has 0 aliphatic heterocycles. The molecule has 2 aromatic rings. The van der Waals surface area contributed by atoms with E-state index in [-0.39, 0.29) is 16.1 Å². The van der Waals surface area contributed by atoms with Crippen LogP contribution in [0.15, 0.2) is 57.9 Å². The summed E-state index contributed by atoms with van der Waals surface area (Å²) in [6.45, 7) is -0.594. The average molecular weight is 442 g/mol. The molecule has 0 aromatic heterocycles. The van der Waals surface area contributed by atoms with Crippen LogP contribution in [-0.2, 0) is 24.3 Å². The number of ether oxygens (including phenoxy) is 2. The summed E-state index contributed by atoms with van der Waals surface area (Å²) < 4.78 is 37.1. The van der Waals surface area contributed by atoms with Gasteiger partial charge in [0.2, 0.25) is 0 Å². The van der Waals surface area contributed by atoms with Gasteiger partial charge in [-0.1, -0.05) is 28.1 Å². The van der Waals surface area contributed by atoms with Crippen molar-refractivity contribution in [2.24, 2.45) is 0 Å². The number of para-hydroxylation sites is 1. The molecular formula is C17H16BrNO6S. The first-order chi connectivity index (χ1) is 12.3. The van der Waals surface area contributed by atoms with E-state index < -0.39 is 28.5 Å². The van der Waals surface area contributed by atoms with Crippen LogP contribution in [0.3, 0.4) is 0 Å². The Labute approximate surface area is 159 Å². The van der Waals surface area contributed by atoms with Crippen LogP contribution in [0.4, 0.5) is 5.69 Å². The molecule has 2 aromatic carbocycles. The second-order valence-electron chi connectivity index (χ2n) is 5.05. The van der Waals surface area contributed by atoms with Crippen LogP contribution in [0.2, 0.25) is 0 Å². The number of halogens is 1. The number of anilines is 1. The van der Waals surface area contributed by atoms with E-state index in [2.05, 4.69) is 20.7 Å². The van der Waals surface area contributed by atoms with Gasteiger partial charge in [0.05, 0.1) is 30.4 Å². The van der Waals surface area contributed by atoms with E-state index >= 15 is 0 Å². The fourth-order valence-corrected chi connectivity index (χ4v) is 3.88. The third-order valence-electron chi connectivity index (χ3n) is 3.48. The fourth-order valence-electron chi connectivity index (χ4n) is 2.19. The molecule has 0 spiro atoms. The van der Waals surface area contributed by atoms with Crippen molar-refractivity contribution in [2.75, 3.05) is 25.1 Å². The molecular weight excluding hydrogens is 426 g/mol. The quantitative estimate of drug-likeness (QED) is 0.639. The maximum Gasteiger partial charge on any atom is 0.340 e. The van der Waals surface area contributed by atoms with Crippen molar-refractivity contribution >= 4 is 43.6 Å². The first-order valence-corrected chi connectivity index (χ1v) is 9.57. The normalized spacial score (nSPS) is 10.9. The van der Waals surface area contributed by atoms with Gasteiger partial charge in [-0.05, 0) is 36.4 Å². The summed E-state index contributed by atoms with van der Waals surface area (Å²) in [4.78, 5) is 23.8. The SMILES string of the molecule is COC(=O)CN(c1ccccc1C(=O)OC)S(=O)(=O)c1ccc(Br)cc1. The minimum atomic E-state index is -4.14. The van der Waals surface area contributed by atoms with Gasteiger partial charge in [0.25, 0.3) is 10.0 Å². The van der Waals surface area contributed by atoms with Gasteiger partial charge in [0, 0.05) is 4.47 Å². The molecule has 0 N–H and O–H groups in total. The van der Waals surface area contributed by atoms with Gasteiger partial charge < -0.3 is 9.47 Å². The van der Waals surface area contributed by atoms with Crippen LogP contribution in [0.5, 0.6) is 0 Å². The van der Waals surface area contributed by atoms with E-state index in [1.165, 1.54) is 31.4 Å². The Morgan fingerprint density at radius 3 is 2.19 bits per heavy atom. The van der Waals surface area contributed by atoms with Crippen molar-refractivity contribution in [1.29, 1.82) is 0 Å². The molecule has 138 valence electrons. The van der Waals surface area contributed by atoms with Gasteiger partial charge in [-0.15, -0.1) is 0 Å². The number of benzene rings is 2. The summed E-state index contributed by atoms with van der Waals surface area (Å²) >= 11 is 3.24. The van der Waals surface area contributed by atoms with Gasteiger partial charge >= 0.3 is 11.9 Å². The Kier molecular flexibility index (Phi) is 6.38. The number of esters is 2. The second kappa shape index (κ2) is 8.33. The molecule has 0 aliphatic carbocycles. The third-order valence-corrected chi connectivity index (χ3v) is 5.78. The summed E-state index contributed by atoms with van der Waals surface area (Å²) in [5.41, 5.74) is 0.0345. The molecule has 0 amide bonds. The van der Waals surface area contributed by atoms with Crippen LogP contribution in [-0.4, -0.2) is 41.1 Å². The molecule has 0 atom stereocenters.